The number of ether oxygens (including phenoxy) is 1. The molecule has 0 saturated heterocycles. The summed E-state index contributed by atoms with van der Waals surface area (Å²) in [6, 6.07) is 9.91. The van der Waals surface area contributed by atoms with Crippen molar-refractivity contribution in [1.29, 1.82) is 0 Å². The molecule has 0 aliphatic heterocycles. The number of nitrogens with zero attached hydrogens (tertiary/aromatic N) is 1. The average molecular weight is 235 g/mol. The Balaban J connectivity index is 2.70. The monoisotopic (exact) mass is 235 g/mol. The molecular formula is C14H21NO2. The lowest BCUT2D eigenvalue weighted by molar-refractivity contribution is 0.0234. The van der Waals surface area contributed by atoms with Crippen LogP contribution in [0.5, 0.6) is 0 Å². The van der Waals surface area contributed by atoms with Crippen molar-refractivity contribution in [3.63, 3.8) is 0 Å². The van der Waals surface area contributed by atoms with Crippen LogP contribution in [0.15, 0.2) is 30.3 Å². The highest BCUT2D eigenvalue weighted by atomic mass is 16.6. The van der Waals surface area contributed by atoms with Gasteiger partial charge in [0.2, 0.25) is 0 Å². The first kappa shape index (κ1) is 13.6. The Morgan fingerprint density at radius 2 is 1.76 bits per heavy atom. The van der Waals surface area contributed by atoms with E-state index in [9.17, 15) is 4.79 Å². The van der Waals surface area contributed by atoms with Crippen LogP contribution in [-0.4, -0.2) is 23.6 Å². The van der Waals surface area contributed by atoms with E-state index in [4.69, 9.17) is 4.74 Å². The summed E-state index contributed by atoms with van der Waals surface area (Å²) in [7, 11) is 1.76. The number of hydrogen-bond acceptors (Lipinski definition) is 2. The summed E-state index contributed by atoms with van der Waals surface area (Å²) in [4.78, 5) is 13.5. The van der Waals surface area contributed by atoms with Gasteiger partial charge in [-0.05, 0) is 33.3 Å². The minimum Gasteiger partial charge on any atom is -0.444 e. The van der Waals surface area contributed by atoms with Crippen molar-refractivity contribution in [2.24, 2.45) is 0 Å². The molecule has 0 aromatic heterocycles. The fourth-order valence-corrected chi connectivity index (χ4v) is 1.45. The molecule has 1 aromatic rings. The highest BCUT2D eigenvalue weighted by Crippen LogP contribution is 2.20. The largest absolute Gasteiger partial charge is 0.444 e. The van der Waals surface area contributed by atoms with Crippen molar-refractivity contribution < 1.29 is 9.53 Å². The molecular weight excluding hydrogens is 214 g/mol. The summed E-state index contributed by atoms with van der Waals surface area (Å²) in [5.74, 6) is 0. The second-order valence-corrected chi connectivity index (χ2v) is 5.18. The number of hydrogen-bond donors (Lipinski definition) is 0. The van der Waals surface area contributed by atoms with E-state index in [0.29, 0.717) is 0 Å². The van der Waals surface area contributed by atoms with E-state index in [1.54, 1.807) is 11.9 Å². The first-order valence-electron chi connectivity index (χ1n) is 5.82. The van der Waals surface area contributed by atoms with Gasteiger partial charge in [0.1, 0.15) is 5.60 Å². The van der Waals surface area contributed by atoms with Crippen LogP contribution in [0.25, 0.3) is 0 Å². The highest BCUT2D eigenvalue weighted by Gasteiger charge is 2.23. The van der Waals surface area contributed by atoms with Crippen molar-refractivity contribution in [1.82, 2.24) is 4.90 Å². The van der Waals surface area contributed by atoms with Crippen LogP contribution in [0.2, 0.25) is 0 Å². The predicted molar refractivity (Wildman–Crippen MR) is 68.9 cm³/mol. The van der Waals surface area contributed by atoms with E-state index in [0.717, 1.165) is 5.56 Å². The lowest BCUT2D eigenvalue weighted by atomic mass is 10.1. The second-order valence-electron chi connectivity index (χ2n) is 5.18. The number of carbonyl (C=O) groups is 1. The van der Waals surface area contributed by atoms with E-state index in [1.165, 1.54) is 0 Å². The van der Waals surface area contributed by atoms with E-state index in [-0.39, 0.29) is 12.1 Å². The summed E-state index contributed by atoms with van der Waals surface area (Å²) >= 11 is 0. The normalized spacial score (nSPS) is 13.0. The molecule has 0 fully saturated rings. The molecule has 1 unspecified atom stereocenters. The molecule has 0 aliphatic carbocycles. The first-order valence-corrected chi connectivity index (χ1v) is 5.82. The molecule has 1 aromatic carbocycles. The maximum atomic E-state index is 11.9. The van der Waals surface area contributed by atoms with Crippen LogP contribution in [0.1, 0.15) is 39.3 Å². The fraction of sp³-hybridized carbons (Fsp3) is 0.500. The predicted octanol–water partition coefficient (Wildman–Crippen LogP) is 3.61. The minimum absolute atomic E-state index is 0.00560. The Bertz CT molecular complexity index is 368. The van der Waals surface area contributed by atoms with Crippen LogP contribution in [0.4, 0.5) is 4.79 Å². The van der Waals surface area contributed by atoms with Crippen molar-refractivity contribution in [2.45, 2.75) is 39.3 Å². The molecule has 0 heterocycles. The maximum Gasteiger partial charge on any atom is 0.410 e. The van der Waals surface area contributed by atoms with Gasteiger partial charge in [0.15, 0.2) is 0 Å². The maximum absolute atomic E-state index is 11.9. The van der Waals surface area contributed by atoms with Crippen molar-refractivity contribution >= 4 is 6.09 Å². The summed E-state index contributed by atoms with van der Waals surface area (Å²) in [6.07, 6.45) is -0.297. The SMILES string of the molecule is CC(c1ccccc1)N(C)C(=O)OC(C)(C)C. The van der Waals surface area contributed by atoms with Gasteiger partial charge < -0.3 is 9.64 Å². The number of benzene rings is 1. The molecule has 1 amide bonds. The Kier molecular flexibility index (Phi) is 4.16. The van der Waals surface area contributed by atoms with Gasteiger partial charge in [-0.1, -0.05) is 30.3 Å². The zero-order chi connectivity index (χ0) is 13.1. The molecule has 3 heteroatoms. The third-order valence-corrected chi connectivity index (χ3v) is 2.54. The molecule has 0 aliphatic rings. The molecule has 94 valence electrons. The first-order chi connectivity index (χ1) is 7.81. The van der Waals surface area contributed by atoms with Gasteiger partial charge >= 0.3 is 6.09 Å². The van der Waals surface area contributed by atoms with Gasteiger partial charge in [0.05, 0.1) is 6.04 Å². The van der Waals surface area contributed by atoms with Crippen LogP contribution in [-0.2, 0) is 4.74 Å². The van der Waals surface area contributed by atoms with Gasteiger partial charge in [0, 0.05) is 7.05 Å². The Morgan fingerprint density at radius 3 is 2.24 bits per heavy atom. The second kappa shape index (κ2) is 5.21. The van der Waals surface area contributed by atoms with Crippen LogP contribution < -0.4 is 0 Å². The molecule has 1 rings (SSSR count). The van der Waals surface area contributed by atoms with Crippen LogP contribution in [0, 0.1) is 0 Å². The molecule has 3 nitrogen and oxygen atoms in total. The Hall–Kier alpha value is -1.51. The third kappa shape index (κ3) is 4.10. The van der Waals surface area contributed by atoms with Gasteiger partial charge in [-0.15, -0.1) is 0 Å². The highest BCUT2D eigenvalue weighted by molar-refractivity contribution is 5.68. The standard InChI is InChI=1S/C14H21NO2/c1-11(12-9-7-6-8-10-12)15(5)13(16)17-14(2,3)4/h6-11H,1-5H3. The van der Waals surface area contributed by atoms with Gasteiger partial charge in [-0.3, -0.25) is 0 Å². The topological polar surface area (TPSA) is 29.5 Å². The van der Waals surface area contributed by atoms with E-state index in [1.807, 2.05) is 58.0 Å². The fourth-order valence-electron chi connectivity index (χ4n) is 1.45. The number of amides is 1. The molecule has 0 radical (unpaired) electrons. The molecule has 0 spiro atoms. The van der Waals surface area contributed by atoms with Crippen molar-refractivity contribution in [2.75, 3.05) is 7.05 Å². The quantitative estimate of drug-likeness (QED) is 0.783. The summed E-state index contributed by atoms with van der Waals surface area (Å²) in [5, 5.41) is 0. The lowest BCUT2D eigenvalue weighted by Crippen LogP contribution is -2.35. The molecule has 17 heavy (non-hydrogen) atoms. The summed E-state index contributed by atoms with van der Waals surface area (Å²) < 4.78 is 5.33. The zero-order valence-electron chi connectivity index (χ0n) is 11.2. The van der Waals surface area contributed by atoms with Gasteiger partial charge in [-0.25, -0.2) is 4.79 Å². The van der Waals surface area contributed by atoms with Crippen LogP contribution >= 0.6 is 0 Å². The Morgan fingerprint density at radius 1 is 1.24 bits per heavy atom. The van der Waals surface area contributed by atoms with Crippen molar-refractivity contribution in [3.05, 3.63) is 35.9 Å². The van der Waals surface area contributed by atoms with Gasteiger partial charge in [-0.2, -0.15) is 0 Å². The van der Waals surface area contributed by atoms with Gasteiger partial charge in [0.25, 0.3) is 0 Å². The molecule has 0 saturated carbocycles. The van der Waals surface area contributed by atoms with Crippen molar-refractivity contribution in [3.8, 4) is 0 Å². The van der Waals surface area contributed by atoms with E-state index in [2.05, 4.69) is 0 Å². The third-order valence-electron chi connectivity index (χ3n) is 2.54. The lowest BCUT2D eigenvalue weighted by Gasteiger charge is -2.28. The van der Waals surface area contributed by atoms with E-state index >= 15 is 0 Å². The number of carbonyl (C=O) groups excluding carboxylic acids is 1. The summed E-state index contributed by atoms with van der Waals surface area (Å²) in [5.41, 5.74) is 0.641. The smallest absolute Gasteiger partial charge is 0.410 e. The van der Waals surface area contributed by atoms with E-state index < -0.39 is 5.60 Å². The number of rotatable bonds is 2. The summed E-state index contributed by atoms with van der Waals surface area (Å²) in [6.45, 7) is 7.59. The zero-order valence-corrected chi connectivity index (χ0v) is 11.2. The van der Waals surface area contributed by atoms with Crippen LogP contribution in [0.3, 0.4) is 0 Å². The Labute approximate surface area is 103 Å². The molecule has 0 bridgehead atoms. The molecule has 1 atom stereocenters. The minimum atomic E-state index is -0.457. The average Bonchev–Trinajstić information content (AvgIpc) is 2.26. The molecule has 0 N–H and O–H groups in total.